The molecule has 0 saturated heterocycles. The zero-order chi connectivity index (χ0) is 15.4. The van der Waals surface area contributed by atoms with Crippen LogP contribution in [0.25, 0.3) is 0 Å². The summed E-state index contributed by atoms with van der Waals surface area (Å²) in [5.41, 5.74) is 4.78. The Bertz CT molecular complexity index is 604. The molecule has 3 heteroatoms. The van der Waals surface area contributed by atoms with Crippen molar-refractivity contribution in [2.45, 2.75) is 33.2 Å². The average molecular weight is 350 g/mol. The molecule has 2 aromatic rings. The van der Waals surface area contributed by atoms with E-state index in [2.05, 4.69) is 60.2 Å². The van der Waals surface area contributed by atoms with E-state index < -0.39 is 0 Å². The fourth-order valence-corrected chi connectivity index (χ4v) is 2.98. The Morgan fingerprint density at radius 1 is 1.05 bits per heavy atom. The molecule has 2 rings (SSSR count). The molecule has 1 N–H and O–H groups in total. The largest absolute Gasteiger partial charge is 0.306 e. The van der Waals surface area contributed by atoms with E-state index in [9.17, 15) is 4.39 Å². The minimum absolute atomic E-state index is 0.0837. The van der Waals surface area contributed by atoms with Crippen LogP contribution < -0.4 is 5.32 Å². The molecule has 112 valence electrons. The number of benzene rings is 2. The maximum absolute atomic E-state index is 13.5. The molecular formula is C18H21BrFN. The molecule has 1 unspecified atom stereocenters. The van der Waals surface area contributed by atoms with Crippen molar-refractivity contribution in [3.05, 3.63) is 68.9 Å². The van der Waals surface area contributed by atoms with Crippen LogP contribution in [0, 0.1) is 19.7 Å². The highest BCUT2D eigenvalue weighted by Crippen LogP contribution is 2.27. The van der Waals surface area contributed by atoms with Crippen LogP contribution in [-0.4, -0.2) is 6.54 Å². The third-order valence-corrected chi connectivity index (χ3v) is 4.06. The summed E-state index contributed by atoms with van der Waals surface area (Å²) in [7, 11) is 0. The minimum atomic E-state index is -0.228. The number of nitrogens with one attached hydrogen (secondary N) is 1. The SMILES string of the molecule is CCCNC(c1cc(C)cc(C)c1)c1ccc(F)c(Br)c1. The highest BCUT2D eigenvalue weighted by Gasteiger charge is 2.15. The average Bonchev–Trinajstić information content (AvgIpc) is 2.42. The van der Waals surface area contributed by atoms with Gasteiger partial charge < -0.3 is 5.32 Å². The fourth-order valence-electron chi connectivity index (χ4n) is 2.59. The summed E-state index contributed by atoms with van der Waals surface area (Å²) in [5.74, 6) is -0.228. The van der Waals surface area contributed by atoms with Gasteiger partial charge in [0.1, 0.15) is 5.82 Å². The first-order valence-electron chi connectivity index (χ1n) is 7.27. The third-order valence-electron chi connectivity index (χ3n) is 3.45. The van der Waals surface area contributed by atoms with E-state index in [1.807, 2.05) is 12.1 Å². The Morgan fingerprint density at radius 2 is 1.71 bits per heavy atom. The molecule has 0 aliphatic heterocycles. The highest BCUT2D eigenvalue weighted by molar-refractivity contribution is 9.10. The van der Waals surface area contributed by atoms with E-state index in [1.165, 1.54) is 22.8 Å². The summed E-state index contributed by atoms with van der Waals surface area (Å²) in [6.45, 7) is 7.28. The number of halogens is 2. The van der Waals surface area contributed by atoms with E-state index in [1.54, 1.807) is 0 Å². The second kappa shape index (κ2) is 7.19. The smallest absolute Gasteiger partial charge is 0.137 e. The first-order valence-corrected chi connectivity index (χ1v) is 8.07. The molecule has 21 heavy (non-hydrogen) atoms. The molecule has 2 aromatic carbocycles. The van der Waals surface area contributed by atoms with Crippen molar-refractivity contribution in [3.8, 4) is 0 Å². The Balaban J connectivity index is 2.43. The van der Waals surface area contributed by atoms with Crippen LogP contribution in [0.15, 0.2) is 40.9 Å². The summed E-state index contributed by atoms with van der Waals surface area (Å²) in [6.07, 6.45) is 1.06. The van der Waals surface area contributed by atoms with Crippen LogP contribution in [0.3, 0.4) is 0 Å². The van der Waals surface area contributed by atoms with E-state index in [4.69, 9.17) is 0 Å². The highest BCUT2D eigenvalue weighted by atomic mass is 79.9. The van der Waals surface area contributed by atoms with Crippen LogP contribution >= 0.6 is 15.9 Å². The minimum Gasteiger partial charge on any atom is -0.306 e. The van der Waals surface area contributed by atoms with Crippen molar-refractivity contribution in [1.82, 2.24) is 5.32 Å². The Hall–Kier alpha value is -1.19. The van der Waals surface area contributed by atoms with Gasteiger partial charge >= 0.3 is 0 Å². The lowest BCUT2D eigenvalue weighted by Crippen LogP contribution is -2.23. The number of aryl methyl sites for hydroxylation is 2. The van der Waals surface area contributed by atoms with Gasteiger partial charge in [0.25, 0.3) is 0 Å². The number of hydrogen-bond acceptors (Lipinski definition) is 1. The lowest BCUT2D eigenvalue weighted by Gasteiger charge is -2.21. The van der Waals surface area contributed by atoms with Crippen molar-refractivity contribution < 1.29 is 4.39 Å². The lowest BCUT2D eigenvalue weighted by atomic mass is 9.95. The first-order chi connectivity index (χ1) is 10.0. The van der Waals surface area contributed by atoms with Gasteiger partial charge in [-0.3, -0.25) is 0 Å². The Kier molecular flexibility index (Phi) is 5.54. The van der Waals surface area contributed by atoms with Gasteiger partial charge in [0.15, 0.2) is 0 Å². The molecule has 0 aliphatic rings. The maximum Gasteiger partial charge on any atom is 0.137 e. The van der Waals surface area contributed by atoms with Gasteiger partial charge in [-0.15, -0.1) is 0 Å². The molecular weight excluding hydrogens is 329 g/mol. The molecule has 1 atom stereocenters. The van der Waals surface area contributed by atoms with Gasteiger partial charge in [0.2, 0.25) is 0 Å². The van der Waals surface area contributed by atoms with E-state index in [-0.39, 0.29) is 11.9 Å². The molecule has 0 radical (unpaired) electrons. The quantitative estimate of drug-likeness (QED) is 0.772. The molecule has 0 aromatic heterocycles. The molecule has 1 nitrogen and oxygen atoms in total. The third kappa shape index (κ3) is 4.14. The van der Waals surface area contributed by atoms with Crippen LogP contribution in [-0.2, 0) is 0 Å². The topological polar surface area (TPSA) is 12.0 Å². The molecule has 0 bridgehead atoms. The zero-order valence-electron chi connectivity index (χ0n) is 12.7. The Labute approximate surface area is 134 Å². The van der Waals surface area contributed by atoms with Crippen molar-refractivity contribution in [2.75, 3.05) is 6.54 Å². The molecule has 0 saturated carbocycles. The molecule has 0 amide bonds. The van der Waals surface area contributed by atoms with Gasteiger partial charge in [-0.1, -0.05) is 42.3 Å². The standard InChI is InChI=1S/C18H21BrFN/c1-4-7-21-18(14-5-6-17(20)16(19)11-14)15-9-12(2)8-13(3)10-15/h5-6,8-11,18,21H,4,7H2,1-3H3. The molecule has 0 spiro atoms. The van der Waals surface area contributed by atoms with Gasteiger partial charge in [-0.05, 0) is 66.0 Å². The second-order valence-electron chi connectivity index (χ2n) is 5.48. The lowest BCUT2D eigenvalue weighted by molar-refractivity contribution is 0.590. The summed E-state index contributed by atoms with van der Waals surface area (Å²) >= 11 is 3.28. The van der Waals surface area contributed by atoms with Crippen LogP contribution in [0.4, 0.5) is 4.39 Å². The van der Waals surface area contributed by atoms with Gasteiger partial charge in [-0.2, -0.15) is 0 Å². The van der Waals surface area contributed by atoms with Gasteiger partial charge in [0.05, 0.1) is 10.5 Å². The zero-order valence-corrected chi connectivity index (χ0v) is 14.3. The van der Waals surface area contributed by atoms with E-state index in [0.717, 1.165) is 18.5 Å². The predicted molar refractivity (Wildman–Crippen MR) is 90.2 cm³/mol. The molecule has 0 aliphatic carbocycles. The van der Waals surface area contributed by atoms with Crippen LogP contribution in [0.1, 0.15) is 41.6 Å². The van der Waals surface area contributed by atoms with Crippen LogP contribution in [0.2, 0.25) is 0 Å². The normalized spacial score (nSPS) is 12.4. The summed E-state index contributed by atoms with van der Waals surface area (Å²) in [5, 5.41) is 3.56. The van der Waals surface area contributed by atoms with Gasteiger partial charge in [-0.25, -0.2) is 4.39 Å². The van der Waals surface area contributed by atoms with Crippen molar-refractivity contribution >= 4 is 15.9 Å². The maximum atomic E-state index is 13.5. The summed E-state index contributed by atoms with van der Waals surface area (Å²) in [6, 6.07) is 11.9. The van der Waals surface area contributed by atoms with Crippen molar-refractivity contribution in [2.24, 2.45) is 0 Å². The number of rotatable bonds is 5. The van der Waals surface area contributed by atoms with Crippen LogP contribution in [0.5, 0.6) is 0 Å². The molecule has 0 heterocycles. The molecule has 0 fully saturated rings. The van der Waals surface area contributed by atoms with E-state index >= 15 is 0 Å². The van der Waals surface area contributed by atoms with Crippen molar-refractivity contribution in [1.29, 1.82) is 0 Å². The monoisotopic (exact) mass is 349 g/mol. The Morgan fingerprint density at radius 3 is 2.29 bits per heavy atom. The summed E-state index contributed by atoms with van der Waals surface area (Å²) < 4.78 is 14.0. The van der Waals surface area contributed by atoms with Crippen molar-refractivity contribution in [3.63, 3.8) is 0 Å². The fraction of sp³-hybridized carbons (Fsp3) is 0.333. The van der Waals surface area contributed by atoms with E-state index in [0.29, 0.717) is 4.47 Å². The predicted octanol–water partition coefficient (Wildman–Crippen LogP) is 5.29. The number of hydrogen-bond donors (Lipinski definition) is 1. The second-order valence-corrected chi connectivity index (χ2v) is 6.34. The van der Waals surface area contributed by atoms with Gasteiger partial charge in [0, 0.05) is 0 Å². The summed E-state index contributed by atoms with van der Waals surface area (Å²) in [4.78, 5) is 0. The first kappa shape index (κ1) is 16.2.